The number of aliphatic hydroxyl groups is 1. The number of hydrogen-bond donors (Lipinski definition) is 1. The van der Waals surface area contributed by atoms with Crippen LogP contribution in [0.4, 0.5) is 0 Å². The van der Waals surface area contributed by atoms with Crippen LogP contribution in [0.2, 0.25) is 0 Å². The summed E-state index contributed by atoms with van der Waals surface area (Å²) in [4.78, 5) is 0. The zero-order valence-electron chi connectivity index (χ0n) is 21.1. The highest BCUT2D eigenvalue weighted by atomic mass is 16.3. The molecule has 0 aromatic heterocycles. The maximum atomic E-state index is 10.8. The molecule has 1 N–H and O–H groups in total. The fourth-order valence-corrected chi connectivity index (χ4v) is 9.33. The van der Waals surface area contributed by atoms with Gasteiger partial charge in [-0.25, -0.2) is 0 Å². The first kappa shape index (κ1) is 22.9. The van der Waals surface area contributed by atoms with Crippen LogP contribution in [0.25, 0.3) is 0 Å². The molecule has 4 rings (SSSR count). The Kier molecular flexibility index (Phi) is 6.05. The summed E-state index contributed by atoms with van der Waals surface area (Å²) in [5, 5.41) is 10.8. The summed E-state index contributed by atoms with van der Waals surface area (Å²) >= 11 is 0. The molecule has 1 unspecified atom stereocenters. The molecule has 0 saturated heterocycles. The number of hydrogen-bond acceptors (Lipinski definition) is 1. The highest BCUT2D eigenvalue weighted by Crippen LogP contribution is 2.68. The van der Waals surface area contributed by atoms with Crippen molar-refractivity contribution in [3.05, 3.63) is 11.6 Å². The maximum absolute atomic E-state index is 10.8. The fraction of sp³-hybridized carbons (Fsp3) is 0.931. The predicted molar refractivity (Wildman–Crippen MR) is 128 cm³/mol. The largest absolute Gasteiger partial charge is 0.393 e. The van der Waals surface area contributed by atoms with Gasteiger partial charge in [0.15, 0.2) is 0 Å². The molecule has 3 saturated carbocycles. The van der Waals surface area contributed by atoms with E-state index in [4.69, 9.17) is 0 Å². The molecule has 3 fully saturated rings. The third kappa shape index (κ3) is 3.45. The summed E-state index contributed by atoms with van der Waals surface area (Å²) in [6, 6.07) is 0. The van der Waals surface area contributed by atoms with Gasteiger partial charge in [0.05, 0.1) is 6.10 Å². The van der Waals surface area contributed by atoms with Crippen LogP contribution in [0.5, 0.6) is 0 Å². The van der Waals surface area contributed by atoms with Crippen molar-refractivity contribution in [3.63, 3.8) is 0 Å². The van der Waals surface area contributed by atoms with Gasteiger partial charge in [0.1, 0.15) is 0 Å². The Labute approximate surface area is 187 Å². The van der Waals surface area contributed by atoms with Gasteiger partial charge in [-0.1, -0.05) is 79.4 Å². The first-order chi connectivity index (χ1) is 14.0. The summed E-state index contributed by atoms with van der Waals surface area (Å²) in [6.45, 7) is 17.3. The van der Waals surface area contributed by atoms with Crippen molar-refractivity contribution in [2.75, 3.05) is 0 Å². The molecule has 0 radical (unpaired) electrons. The van der Waals surface area contributed by atoms with Gasteiger partial charge in [0.25, 0.3) is 0 Å². The molecule has 1 heteroatoms. The van der Waals surface area contributed by atoms with Crippen molar-refractivity contribution in [1.29, 1.82) is 0 Å². The Morgan fingerprint density at radius 1 is 0.900 bits per heavy atom. The van der Waals surface area contributed by atoms with Crippen molar-refractivity contribution in [1.82, 2.24) is 0 Å². The monoisotopic (exact) mass is 414 g/mol. The minimum absolute atomic E-state index is 0.0545. The summed E-state index contributed by atoms with van der Waals surface area (Å²) in [5.74, 6) is 4.90. The van der Waals surface area contributed by atoms with E-state index in [2.05, 4.69) is 54.5 Å². The molecule has 0 heterocycles. The van der Waals surface area contributed by atoms with Gasteiger partial charge >= 0.3 is 0 Å². The molecule has 172 valence electrons. The maximum Gasteiger partial charge on any atom is 0.0594 e. The number of fused-ring (bicyclic) bond motifs is 5. The molecule has 0 spiro atoms. The molecular weight excluding hydrogens is 364 g/mol. The van der Waals surface area contributed by atoms with Crippen LogP contribution >= 0.6 is 0 Å². The zero-order valence-corrected chi connectivity index (χ0v) is 21.1. The van der Waals surface area contributed by atoms with Gasteiger partial charge in [-0.15, -0.1) is 0 Å². The molecule has 4 aliphatic carbocycles. The Bertz CT molecular complexity index is 659. The van der Waals surface area contributed by atoms with E-state index in [0.717, 1.165) is 36.0 Å². The number of aliphatic hydroxyl groups excluding tert-OH is 1. The van der Waals surface area contributed by atoms with Crippen molar-refractivity contribution >= 4 is 0 Å². The van der Waals surface area contributed by atoms with Gasteiger partial charge in [-0.3, -0.25) is 0 Å². The summed E-state index contributed by atoms with van der Waals surface area (Å²) in [7, 11) is 0. The Morgan fingerprint density at radius 3 is 2.27 bits per heavy atom. The van der Waals surface area contributed by atoms with Gasteiger partial charge in [0.2, 0.25) is 0 Å². The number of allylic oxidation sites excluding steroid dienone is 2. The van der Waals surface area contributed by atoms with E-state index in [-0.39, 0.29) is 11.5 Å². The molecule has 4 aliphatic rings. The topological polar surface area (TPSA) is 20.2 Å². The first-order valence-electron chi connectivity index (χ1n) is 13.4. The minimum Gasteiger partial charge on any atom is -0.393 e. The van der Waals surface area contributed by atoms with Crippen molar-refractivity contribution in [2.45, 2.75) is 119 Å². The van der Waals surface area contributed by atoms with E-state index in [1.54, 1.807) is 0 Å². The fourth-order valence-electron chi connectivity index (χ4n) is 9.33. The third-order valence-electron chi connectivity index (χ3n) is 11.2. The second kappa shape index (κ2) is 7.93. The average molecular weight is 415 g/mol. The van der Waals surface area contributed by atoms with Crippen molar-refractivity contribution in [3.8, 4) is 0 Å². The Morgan fingerprint density at radius 2 is 1.57 bits per heavy atom. The smallest absolute Gasteiger partial charge is 0.0594 e. The average Bonchev–Trinajstić information content (AvgIpc) is 3.02. The standard InChI is InChI=1S/C29H50O/c1-19(2)9-8-10-20(3)22-12-13-23-21-11-14-25-27(4,5)26(30)16-18-29(25,7)24(21)15-17-28(22,23)6/h11,19-20,22-26,30H,8-10,12-18H2,1-7H3/t20?,22-,23+,24+,25+,26+,28-,29-/m1/s1. The SMILES string of the molecule is CC(C)CCCC(C)[C@H]1CC[C@H]2C3=CC[C@H]4C(C)(C)[C@@H](O)CC[C@]4(C)[C@H]3CC[C@]12C. The van der Waals surface area contributed by atoms with E-state index in [1.165, 1.54) is 57.8 Å². The van der Waals surface area contributed by atoms with Crippen LogP contribution in [0.15, 0.2) is 11.6 Å². The Balaban J connectivity index is 1.54. The highest BCUT2D eigenvalue weighted by molar-refractivity contribution is 5.28. The summed E-state index contributed by atoms with van der Waals surface area (Å²) in [6.07, 6.45) is 16.0. The van der Waals surface area contributed by atoms with E-state index < -0.39 is 0 Å². The lowest BCUT2D eigenvalue weighted by Crippen LogP contribution is -2.56. The summed E-state index contributed by atoms with van der Waals surface area (Å²) in [5.41, 5.74) is 2.85. The van der Waals surface area contributed by atoms with Gasteiger partial charge in [-0.05, 0) is 96.7 Å². The zero-order chi connectivity index (χ0) is 21.9. The molecular formula is C29H50O. The second-order valence-electron chi connectivity index (χ2n) is 13.5. The molecule has 0 bridgehead atoms. The predicted octanol–water partition coefficient (Wildman–Crippen LogP) is 8.02. The molecule has 0 amide bonds. The van der Waals surface area contributed by atoms with Crippen LogP contribution in [-0.4, -0.2) is 11.2 Å². The van der Waals surface area contributed by atoms with Crippen LogP contribution in [0.3, 0.4) is 0 Å². The lowest BCUT2D eigenvalue weighted by atomic mass is 9.43. The third-order valence-corrected chi connectivity index (χ3v) is 11.2. The summed E-state index contributed by atoms with van der Waals surface area (Å²) < 4.78 is 0. The van der Waals surface area contributed by atoms with Gasteiger partial charge in [0, 0.05) is 0 Å². The second-order valence-corrected chi connectivity index (χ2v) is 13.5. The van der Waals surface area contributed by atoms with Crippen molar-refractivity contribution < 1.29 is 5.11 Å². The van der Waals surface area contributed by atoms with E-state index in [1.807, 2.05) is 5.57 Å². The van der Waals surface area contributed by atoms with E-state index >= 15 is 0 Å². The van der Waals surface area contributed by atoms with Crippen molar-refractivity contribution in [2.24, 2.45) is 51.8 Å². The lowest BCUT2D eigenvalue weighted by Gasteiger charge is -2.62. The number of rotatable bonds is 5. The van der Waals surface area contributed by atoms with Crippen LogP contribution in [0, 0.1) is 51.8 Å². The Hall–Kier alpha value is -0.300. The molecule has 0 aromatic rings. The van der Waals surface area contributed by atoms with Crippen LogP contribution in [-0.2, 0) is 0 Å². The molecule has 30 heavy (non-hydrogen) atoms. The molecule has 0 aromatic carbocycles. The van der Waals surface area contributed by atoms with Gasteiger partial charge in [-0.2, -0.15) is 0 Å². The quantitative estimate of drug-likeness (QED) is 0.451. The normalized spacial score (nSPS) is 46.0. The lowest BCUT2D eigenvalue weighted by molar-refractivity contribution is -0.125. The minimum atomic E-state index is -0.123. The van der Waals surface area contributed by atoms with E-state index in [9.17, 15) is 5.11 Å². The highest BCUT2D eigenvalue weighted by Gasteiger charge is 2.61. The molecule has 0 aliphatic heterocycles. The van der Waals surface area contributed by atoms with Gasteiger partial charge < -0.3 is 5.11 Å². The van der Waals surface area contributed by atoms with Crippen LogP contribution < -0.4 is 0 Å². The van der Waals surface area contributed by atoms with Crippen LogP contribution in [0.1, 0.15) is 113 Å². The van der Waals surface area contributed by atoms with E-state index in [0.29, 0.717) is 16.7 Å². The first-order valence-corrected chi connectivity index (χ1v) is 13.4. The molecule has 1 nitrogen and oxygen atoms in total. The molecule has 8 atom stereocenters.